The van der Waals surface area contributed by atoms with E-state index in [0.29, 0.717) is 10.5 Å². The van der Waals surface area contributed by atoms with E-state index in [1.807, 2.05) is 14.1 Å². The minimum atomic E-state index is -0.978. The number of hydrogen-bond donors (Lipinski definition) is 1. The van der Waals surface area contributed by atoms with Crippen molar-refractivity contribution in [2.45, 2.75) is 161 Å². The minimum absolute atomic E-state index is 0.342. The van der Waals surface area contributed by atoms with Gasteiger partial charge in [-0.1, -0.05) is 109 Å². The first-order valence-corrected chi connectivity index (χ1v) is 15.6. The Kier molecular flexibility index (Phi) is 21.6. The molecule has 214 valence electrons. The third-order valence-electron chi connectivity index (χ3n) is 8.30. The predicted octanol–water partition coefficient (Wildman–Crippen LogP) is 7.56. The Morgan fingerprint density at radius 2 is 1.17 bits per heavy atom. The largest absolute Gasteiger partial charge is 0.544 e. The molecular formula is C32H64N2O2. The van der Waals surface area contributed by atoms with Crippen LogP contribution in [0.5, 0.6) is 0 Å². The Morgan fingerprint density at radius 1 is 0.750 bits per heavy atom. The van der Waals surface area contributed by atoms with E-state index in [0.717, 1.165) is 19.5 Å². The second kappa shape index (κ2) is 22.1. The zero-order valence-electron chi connectivity index (χ0n) is 25.3. The van der Waals surface area contributed by atoms with Crippen molar-refractivity contribution in [1.29, 1.82) is 0 Å². The van der Waals surface area contributed by atoms with Gasteiger partial charge in [0.15, 0.2) is 0 Å². The molecule has 0 aliphatic rings. The molecule has 1 atom stereocenters. The Labute approximate surface area is 226 Å². The summed E-state index contributed by atoms with van der Waals surface area (Å²) in [5.41, 5.74) is -0.890. The summed E-state index contributed by atoms with van der Waals surface area (Å²) in [4.78, 5) is 11.5. The second-order valence-electron chi connectivity index (χ2n) is 12.1. The van der Waals surface area contributed by atoms with E-state index in [4.69, 9.17) is 0 Å². The fourth-order valence-electron chi connectivity index (χ4n) is 4.75. The lowest BCUT2D eigenvalue weighted by Gasteiger charge is -2.46. The van der Waals surface area contributed by atoms with Gasteiger partial charge in [0.2, 0.25) is 0 Å². The third-order valence-corrected chi connectivity index (χ3v) is 8.30. The summed E-state index contributed by atoms with van der Waals surface area (Å²) in [6.07, 6.45) is 30.3. The smallest absolute Gasteiger partial charge is 0.133 e. The number of likely N-dealkylation sites (N-methyl/N-ethyl adjacent to an activating group) is 1. The number of hydrogen-bond acceptors (Lipinski definition) is 3. The van der Waals surface area contributed by atoms with Crippen molar-refractivity contribution in [3.63, 3.8) is 0 Å². The first-order chi connectivity index (χ1) is 17.2. The van der Waals surface area contributed by atoms with Crippen LogP contribution in [0, 0.1) is 0 Å². The maximum absolute atomic E-state index is 11.5. The highest BCUT2D eigenvalue weighted by Crippen LogP contribution is 2.21. The average Bonchev–Trinajstić information content (AvgIpc) is 2.83. The van der Waals surface area contributed by atoms with E-state index in [-0.39, 0.29) is 0 Å². The summed E-state index contributed by atoms with van der Waals surface area (Å²) in [5.74, 6) is -0.978. The van der Waals surface area contributed by atoms with Crippen molar-refractivity contribution in [1.82, 2.24) is 5.32 Å². The Bertz CT molecular complexity index is 542. The standard InChI is InChI=1S/C32H64N2O2/c1-7-9-10-11-12-13-14-15-16-17-18-19-20-21-22-23-24-25-26-27-28-33-30(8-2)29-34(5,6)32(3,4)31(35)36/h15-16,30,33H,7-14,17-29H2,1-6H3/b16-15-. The number of nitrogens with one attached hydrogen (secondary N) is 1. The molecule has 0 aromatic heterocycles. The van der Waals surface area contributed by atoms with E-state index in [1.165, 1.54) is 116 Å². The van der Waals surface area contributed by atoms with Crippen molar-refractivity contribution < 1.29 is 14.4 Å². The molecule has 0 amide bonds. The summed E-state index contributed by atoms with van der Waals surface area (Å²) in [5, 5.41) is 15.2. The number of rotatable bonds is 26. The van der Waals surface area contributed by atoms with Gasteiger partial charge in [0.05, 0.1) is 26.7 Å². The Balaban J connectivity index is 3.55. The molecule has 0 aliphatic carbocycles. The van der Waals surface area contributed by atoms with Crippen LogP contribution in [0.4, 0.5) is 0 Å². The van der Waals surface area contributed by atoms with Gasteiger partial charge in [0, 0.05) is 0 Å². The summed E-state index contributed by atoms with van der Waals surface area (Å²) >= 11 is 0. The van der Waals surface area contributed by atoms with Crippen LogP contribution in [0.15, 0.2) is 12.2 Å². The van der Waals surface area contributed by atoms with Crippen LogP contribution in [0.3, 0.4) is 0 Å². The lowest BCUT2D eigenvalue weighted by atomic mass is 9.99. The number of carbonyl (C=O) groups is 1. The fraction of sp³-hybridized carbons (Fsp3) is 0.906. The molecule has 0 aliphatic heterocycles. The molecule has 0 aromatic rings. The highest BCUT2D eigenvalue weighted by atomic mass is 16.4. The minimum Gasteiger partial charge on any atom is -0.544 e. The van der Waals surface area contributed by atoms with Gasteiger partial charge in [-0.15, -0.1) is 0 Å². The summed E-state index contributed by atoms with van der Waals surface area (Å²) in [6.45, 7) is 9.82. The SMILES string of the molecule is CCCCCCCC/C=C\CCCCCCCCCCCCNC(CC)C[N+](C)(C)C(C)(C)C(=O)[O-]. The number of nitrogens with zero attached hydrogens (tertiary/aromatic N) is 1. The van der Waals surface area contributed by atoms with Crippen molar-refractivity contribution in [3.05, 3.63) is 12.2 Å². The number of quaternary nitrogens is 1. The van der Waals surface area contributed by atoms with Crippen LogP contribution in [-0.2, 0) is 4.79 Å². The highest BCUT2D eigenvalue weighted by molar-refractivity contribution is 5.73. The third kappa shape index (κ3) is 17.6. The van der Waals surface area contributed by atoms with E-state index in [9.17, 15) is 9.90 Å². The van der Waals surface area contributed by atoms with Gasteiger partial charge in [-0.2, -0.15) is 0 Å². The Morgan fingerprint density at radius 3 is 1.58 bits per heavy atom. The summed E-state index contributed by atoms with van der Waals surface area (Å²) < 4.78 is 0.427. The van der Waals surface area contributed by atoms with Gasteiger partial charge in [0.1, 0.15) is 11.5 Å². The van der Waals surface area contributed by atoms with Gasteiger partial charge >= 0.3 is 0 Å². The number of allylic oxidation sites excluding steroid dienone is 2. The number of carbonyl (C=O) groups excluding carboxylic acids is 1. The first-order valence-electron chi connectivity index (χ1n) is 15.6. The van der Waals surface area contributed by atoms with Crippen molar-refractivity contribution in [3.8, 4) is 0 Å². The zero-order valence-corrected chi connectivity index (χ0v) is 25.3. The molecule has 1 unspecified atom stereocenters. The lowest BCUT2D eigenvalue weighted by molar-refractivity contribution is -0.931. The predicted molar refractivity (Wildman–Crippen MR) is 156 cm³/mol. The van der Waals surface area contributed by atoms with E-state index in [2.05, 4.69) is 31.3 Å². The molecule has 0 fully saturated rings. The summed E-state index contributed by atoms with van der Waals surface area (Å²) in [6, 6.07) is 0.342. The van der Waals surface area contributed by atoms with Crippen molar-refractivity contribution in [2.75, 3.05) is 27.2 Å². The van der Waals surface area contributed by atoms with Crippen LogP contribution in [0.2, 0.25) is 0 Å². The van der Waals surface area contributed by atoms with Crippen LogP contribution in [-0.4, -0.2) is 49.2 Å². The van der Waals surface area contributed by atoms with Gasteiger partial charge in [-0.05, 0) is 58.9 Å². The molecule has 0 bridgehead atoms. The number of unbranched alkanes of at least 4 members (excludes halogenated alkanes) is 16. The highest BCUT2D eigenvalue weighted by Gasteiger charge is 2.39. The molecule has 4 nitrogen and oxygen atoms in total. The average molecular weight is 509 g/mol. The van der Waals surface area contributed by atoms with Gasteiger partial charge in [-0.25, -0.2) is 0 Å². The number of carboxylic acids is 1. The Hall–Kier alpha value is -0.870. The maximum Gasteiger partial charge on any atom is 0.133 e. The van der Waals surface area contributed by atoms with Crippen LogP contribution in [0.25, 0.3) is 0 Å². The molecular weight excluding hydrogens is 444 g/mol. The fourth-order valence-corrected chi connectivity index (χ4v) is 4.75. The molecule has 4 heteroatoms. The number of aliphatic carboxylic acids is 1. The molecule has 1 N–H and O–H groups in total. The topological polar surface area (TPSA) is 52.2 Å². The van der Waals surface area contributed by atoms with Crippen molar-refractivity contribution in [2.24, 2.45) is 0 Å². The molecule has 0 spiro atoms. The molecule has 0 saturated carbocycles. The van der Waals surface area contributed by atoms with E-state index in [1.54, 1.807) is 13.8 Å². The monoisotopic (exact) mass is 508 g/mol. The van der Waals surface area contributed by atoms with Crippen LogP contribution >= 0.6 is 0 Å². The van der Waals surface area contributed by atoms with Gasteiger partial charge in [0.25, 0.3) is 0 Å². The first kappa shape index (κ1) is 35.1. The van der Waals surface area contributed by atoms with Crippen LogP contribution < -0.4 is 10.4 Å². The van der Waals surface area contributed by atoms with Crippen LogP contribution in [0.1, 0.15) is 150 Å². The van der Waals surface area contributed by atoms with E-state index >= 15 is 0 Å². The molecule has 0 rings (SSSR count). The molecule has 0 radical (unpaired) electrons. The number of carboxylic acid groups (broad SMARTS) is 1. The maximum atomic E-state index is 11.5. The van der Waals surface area contributed by atoms with Crippen molar-refractivity contribution >= 4 is 5.97 Å². The van der Waals surface area contributed by atoms with Gasteiger partial charge < -0.3 is 19.7 Å². The lowest BCUT2D eigenvalue weighted by Crippen LogP contribution is -2.67. The molecule has 0 heterocycles. The second-order valence-corrected chi connectivity index (χ2v) is 12.1. The molecule has 0 saturated heterocycles. The zero-order chi connectivity index (χ0) is 27.1. The van der Waals surface area contributed by atoms with E-state index < -0.39 is 11.5 Å². The van der Waals surface area contributed by atoms with Gasteiger partial charge in [-0.3, -0.25) is 0 Å². The molecule has 0 aromatic carbocycles. The molecule has 36 heavy (non-hydrogen) atoms. The normalized spacial score (nSPS) is 13.5. The quantitative estimate of drug-likeness (QED) is 0.0745. The summed E-state index contributed by atoms with van der Waals surface area (Å²) in [7, 11) is 3.99.